The lowest BCUT2D eigenvalue weighted by atomic mass is 9.88. The first kappa shape index (κ1) is 28.9. The molecule has 0 aliphatic carbocycles. The summed E-state index contributed by atoms with van der Waals surface area (Å²) in [5, 5.41) is 1.21. The van der Waals surface area contributed by atoms with Gasteiger partial charge in [0.2, 0.25) is 5.91 Å². The second-order valence-corrected chi connectivity index (χ2v) is 11.2. The third kappa shape index (κ3) is 6.17. The van der Waals surface area contributed by atoms with Crippen molar-refractivity contribution in [3.8, 4) is 17.0 Å². The summed E-state index contributed by atoms with van der Waals surface area (Å²) in [5.74, 6) is 0.856. The predicted octanol–water partition coefficient (Wildman–Crippen LogP) is 5.20. The van der Waals surface area contributed by atoms with Gasteiger partial charge in [0, 0.05) is 36.2 Å². The van der Waals surface area contributed by atoms with Gasteiger partial charge in [0.15, 0.2) is 6.29 Å². The first-order valence-electron chi connectivity index (χ1n) is 14.9. The van der Waals surface area contributed by atoms with Crippen molar-refractivity contribution >= 4 is 29.1 Å². The number of carbonyl (C=O) groups is 3. The van der Waals surface area contributed by atoms with E-state index in [1.807, 2.05) is 30.0 Å². The number of aldehydes is 1. The Morgan fingerprint density at radius 1 is 1.05 bits per heavy atom. The lowest BCUT2D eigenvalue weighted by Crippen LogP contribution is -2.47. The molecule has 2 saturated heterocycles. The SMILES string of the molecule is CCOC(=O)C1CCCN(CC(=O)N2CCC(c3ccc4[nH]c(-c5ccc(OC)c(C=O)c5)c(CC)c4c3)CC2)C1. The summed E-state index contributed by atoms with van der Waals surface area (Å²) in [5.41, 5.74) is 6.16. The normalized spacial score (nSPS) is 18.4. The lowest BCUT2D eigenvalue weighted by molar-refractivity contribution is -0.150. The predicted molar refractivity (Wildman–Crippen MR) is 159 cm³/mol. The van der Waals surface area contributed by atoms with E-state index in [4.69, 9.17) is 9.47 Å². The van der Waals surface area contributed by atoms with E-state index < -0.39 is 0 Å². The monoisotopic (exact) mass is 559 g/mol. The highest BCUT2D eigenvalue weighted by atomic mass is 16.5. The van der Waals surface area contributed by atoms with Crippen molar-refractivity contribution in [1.29, 1.82) is 0 Å². The number of nitrogens with one attached hydrogen (secondary N) is 1. The van der Waals surface area contributed by atoms with E-state index in [2.05, 4.69) is 35.0 Å². The topological polar surface area (TPSA) is 91.9 Å². The number of esters is 1. The van der Waals surface area contributed by atoms with E-state index in [0.717, 1.165) is 74.8 Å². The van der Waals surface area contributed by atoms with Crippen LogP contribution in [-0.2, 0) is 20.7 Å². The molecular formula is C33H41N3O5. The van der Waals surface area contributed by atoms with Gasteiger partial charge in [0.25, 0.3) is 0 Å². The summed E-state index contributed by atoms with van der Waals surface area (Å²) in [6.07, 6.45) is 5.31. The quantitative estimate of drug-likeness (QED) is 0.286. The van der Waals surface area contributed by atoms with Crippen LogP contribution in [0.3, 0.4) is 0 Å². The van der Waals surface area contributed by atoms with E-state index in [1.54, 1.807) is 7.11 Å². The molecule has 8 nitrogen and oxygen atoms in total. The number of carbonyl (C=O) groups excluding carboxylic acids is 3. The van der Waals surface area contributed by atoms with Gasteiger partial charge in [-0.1, -0.05) is 13.0 Å². The fourth-order valence-electron chi connectivity index (χ4n) is 6.52. The van der Waals surface area contributed by atoms with Crippen molar-refractivity contribution in [3.05, 3.63) is 53.1 Å². The second-order valence-electron chi connectivity index (χ2n) is 11.2. The van der Waals surface area contributed by atoms with Gasteiger partial charge in [-0.05, 0) is 98.5 Å². The second kappa shape index (κ2) is 12.9. The minimum absolute atomic E-state index is 0.129. The Morgan fingerprint density at radius 3 is 2.56 bits per heavy atom. The van der Waals surface area contributed by atoms with Crippen LogP contribution in [-0.4, -0.2) is 79.4 Å². The number of hydrogen-bond donors (Lipinski definition) is 1. The van der Waals surface area contributed by atoms with Gasteiger partial charge < -0.3 is 19.4 Å². The molecular weight excluding hydrogens is 518 g/mol. The van der Waals surface area contributed by atoms with Crippen LogP contribution in [0.15, 0.2) is 36.4 Å². The van der Waals surface area contributed by atoms with Gasteiger partial charge >= 0.3 is 5.97 Å². The van der Waals surface area contributed by atoms with Crippen LogP contribution in [0.5, 0.6) is 5.75 Å². The Balaban J connectivity index is 1.24. The number of H-pyrrole nitrogens is 1. The van der Waals surface area contributed by atoms with Crippen molar-refractivity contribution < 1.29 is 23.9 Å². The number of likely N-dealkylation sites (tertiary alicyclic amines) is 2. The maximum atomic E-state index is 13.1. The van der Waals surface area contributed by atoms with Gasteiger partial charge in [-0.15, -0.1) is 0 Å². The molecule has 2 fully saturated rings. The molecule has 1 N–H and O–H groups in total. The Morgan fingerprint density at radius 2 is 1.85 bits per heavy atom. The molecule has 1 amide bonds. The standard InChI is InChI=1S/C33H41N3O5/c1-4-27-28-18-23(8-10-29(28)34-32(27)24-9-11-30(40-3)26(17-24)21-37)22-12-15-36(16-13-22)31(38)20-35-14-6-7-25(19-35)33(39)41-5-2/h8-11,17-18,21-22,25,34H,4-7,12-16,19-20H2,1-3H3. The summed E-state index contributed by atoms with van der Waals surface area (Å²) in [7, 11) is 1.57. The number of aryl methyl sites for hydroxylation is 1. The number of methoxy groups -OCH3 is 1. The van der Waals surface area contributed by atoms with Gasteiger partial charge in [-0.2, -0.15) is 0 Å². The minimum Gasteiger partial charge on any atom is -0.496 e. The van der Waals surface area contributed by atoms with Crippen LogP contribution in [0.2, 0.25) is 0 Å². The number of ether oxygens (including phenoxy) is 2. The van der Waals surface area contributed by atoms with Gasteiger partial charge in [0.05, 0.1) is 31.7 Å². The molecule has 0 saturated carbocycles. The third-order valence-corrected chi connectivity index (χ3v) is 8.73. The zero-order valence-corrected chi connectivity index (χ0v) is 24.4. The summed E-state index contributed by atoms with van der Waals surface area (Å²) in [6.45, 7) is 7.70. The fraction of sp³-hybridized carbons (Fsp3) is 0.485. The van der Waals surface area contributed by atoms with Crippen molar-refractivity contribution in [2.24, 2.45) is 5.92 Å². The summed E-state index contributed by atoms with van der Waals surface area (Å²) < 4.78 is 10.5. The van der Waals surface area contributed by atoms with E-state index in [0.29, 0.717) is 36.9 Å². The van der Waals surface area contributed by atoms with Crippen LogP contribution in [0.25, 0.3) is 22.2 Å². The van der Waals surface area contributed by atoms with Crippen molar-refractivity contribution in [1.82, 2.24) is 14.8 Å². The lowest BCUT2D eigenvalue weighted by Gasteiger charge is -2.36. The highest BCUT2D eigenvalue weighted by molar-refractivity contribution is 5.92. The first-order chi connectivity index (χ1) is 19.9. The minimum atomic E-state index is -0.141. The average Bonchev–Trinajstić information content (AvgIpc) is 3.39. The van der Waals surface area contributed by atoms with E-state index in [9.17, 15) is 14.4 Å². The molecule has 8 heteroatoms. The summed E-state index contributed by atoms with van der Waals surface area (Å²) >= 11 is 0. The molecule has 0 spiro atoms. The molecule has 2 aliphatic heterocycles. The van der Waals surface area contributed by atoms with Crippen LogP contribution in [0.4, 0.5) is 0 Å². The molecule has 5 rings (SSSR count). The van der Waals surface area contributed by atoms with Crippen molar-refractivity contribution in [2.45, 2.75) is 51.9 Å². The number of amides is 1. The smallest absolute Gasteiger partial charge is 0.310 e. The highest BCUT2D eigenvalue weighted by Gasteiger charge is 2.30. The molecule has 2 aliphatic rings. The van der Waals surface area contributed by atoms with Gasteiger partial charge in [0.1, 0.15) is 5.75 Å². The Labute approximate surface area is 242 Å². The molecule has 41 heavy (non-hydrogen) atoms. The van der Waals surface area contributed by atoms with Crippen LogP contribution >= 0.6 is 0 Å². The Kier molecular flexibility index (Phi) is 9.08. The number of piperidine rings is 2. The zero-order valence-electron chi connectivity index (χ0n) is 24.4. The third-order valence-electron chi connectivity index (χ3n) is 8.73. The average molecular weight is 560 g/mol. The Hall–Kier alpha value is -3.65. The molecule has 3 heterocycles. The highest BCUT2D eigenvalue weighted by Crippen LogP contribution is 2.36. The van der Waals surface area contributed by atoms with Crippen molar-refractivity contribution in [2.75, 3.05) is 46.4 Å². The first-order valence-corrected chi connectivity index (χ1v) is 14.9. The number of nitrogens with zero attached hydrogens (tertiary/aromatic N) is 2. The number of benzene rings is 2. The van der Waals surface area contributed by atoms with Crippen LogP contribution in [0.1, 0.15) is 66.9 Å². The van der Waals surface area contributed by atoms with E-state index in [-0.39, 0.29) is 17.8 Å². The maximum absolute atomic E-state index is 13.1. The molecule has 0 bridgehead atoms. The number of rotatable bonds is 9. The fourth-order valence-corrected chi connectivity index (χ4v) is 6.52. The van der Waals surface area contributed by atoms with Crippen LogP contribution in [0, 0.1) is 5.92 Å². The zero-order chi connectivity index (χ0) is 28.9. The summed E-state index contributed by atoms with van der Waals surface area (Å²) in [6, 6.07) is 12.4. The van der Waals surface area contributed by atoms with Gasteiger partial charge in [-0.3, -0.25) is 19.3 Å². The molecule has 2 aromatic carbocycles. The number of aromatic amines is 1. The Bertz CT molecular complexity index is 1410. The molecule has 1 aromatic heterocycles. The van der Waals surface area contributed by atoms with Crippen LogP contribution < -0.4 is 4.74 Å². The largest absolute Gasteiger partial charge is 0.496 e. The number of fused-ring (bicyclic) bond motifs is 1. The molecule has 1 unspecified atom stereocenters. The molecule has 3 aromatic rings. The number of aromatic nitrogens is 1. The van der Waals surface area contributed by atoms with E-state index >= 15 is 0 Å². The maximum Gasteiger partial charge on any atom is 0.310 e. The van der Waals surface area contributed by atoms with E-state index in [1.165, 1.54) is 16.5 Å². The number of hydrogen-bond acceptors (Lipinski definition) is 6. The van der Waals surface area contributed by atoms with Crippen molar-refractivity contribution in [3.63, 3.8) is 0 Å². The summed E-state index contributed by atoms with van der Waals surface area (Å²) in [4.78, 5) is 44.6. The van der Waals surface area contributed by atoms with Gasteiger partial charge in [-0.25, -0.2) is 0 Å². The molecule has 1 atom stereocenters. The molecule has 0 radical (unpaired) electrons. The molecule has 218 valence electrons.